The minimum Gasteiger partial charge on any atom is -0.467 e. The molecule has 0 fully saturated rings. The van der Waals surface area contributed by atoms with E-state index in [9.17, 15) is 19.7 Å². The van der Waals surface area contributed by atoms with Gasteiger partial charge in [0, 0.05) is 0 Å². The molecule has 0 N–H and O–H groups in total. The normalized spacial score (nSPS) is 12.2. The first-order chi connectivity index (χ1) is 8.86. The molecule has 8 heteroatoms. The van der Waals surface area contributed by atoms with Crippen LogP contribution in [0.15, 0.2) is 17.2 Å². The van der Waals surface area contributed by atoms with E-state index in [0.717, 1.165) is 17.0 Å². The first kappa shape index (κ1) is 14.8. The molecular formula is C11H15N3O5. The van der Waals surface area contributed by atoms with Crippen molar-refractivity contribution in [2.75, 3.05) is 7.11 Å². The van der Waals surface area contributed by atoms with Gasteiger partial charge >= 0.3 is 17.3 Å². The summed E-state index contributed by atoms with van der Waals surface area (Å²) < 4.78 is 5.58. The summed E-state index contributed by atoms with van der Waals surface area (Å²) >= 11 is 0. The largest absolute Gasteiger partial charge is 0.467 e. The Bertz CT molecular complexity index is 537. The average Bonchev–Trinajstić information content (AvgIpc) is 2.35. The van der Waals surface area contributed by atoms with Crippen LogP contribution < -0.4 is 5.69 Å². The van der Waals surface area contributed by atoms with Crippen LogP contribution in [0.4, 0.5) is 5.69 Å². The molecule has 19 heavy (non-hydrogen) atoms. The number of aromatic nitrogens is 2. The van der Waals surface area contributed by atoms with Crippen molar-refractivity contribution >= 4 is 11.7 Å². The van der Waals surface area contributed by atoms with Gasteiger partial charge in [0.15, 0.2) is 0 Å². The predicted octanol–water partition coefficient (Wildman–Crippen LogP) is 0.912. The quantitative estimate of drug-likeness (QED) is 0.447. The maximum atomic E-state index is 11.7. The topological polar surface area (TPSA) is 104 Å². The van der Waals surface area contributed by atoms with Crippen LogP contribution in [0.25, 0.3) is 0 Å². The maximum Gasteiger partial charge on any atom is 0.348 e. The monoisotopic (exact) mass is 269 g/mol. The standard InChI is InChI=1S/C11H15N3O5/c1-7(2)4-9(10(15)19-3)13-6-8(14(17)18)5-12-11(13)16/h5-7,9H,4H2,1-3H3/t9-/m1/s1. The van der Waals surface area contributed by atoms with Gasteiger partial charge in [-0.15, -0.1) is 0 Å². The maximum absolute atomic E-state index is 11.7. The fourth-order valence-corrected chi connectivity index (χ4v) is 1.64. The summed E-state index contributed by atoms with van der Waals surface area (Å²) in [6.45, 7) is 3.73. The number of nitro groups is 1. The Labute approximate surface area is 109 Å². The Balaban J connectivity index is 3.28. The molecule has 0 bridgehead atoms. The summed E-state index contributed by atoms with van der Waals surface area (Å²) in [5.41, 5.74) is -1.07. The minimum atomic E-state index is -0.912. The molecule has 1 atom stereocenters. The van der Waals surface area contributed by atoms with E-state index in [1.807, 2.05) is 13.8 Å². The number of rotatable bonds is 5. The molecule has 0 radical (unpaired) electrons. The summed E-state index contributed by atoms with van der Waals surface area (Å²) in [7, 11) is 1.20. The second kappa shape index (κ2) is 6.07. The molecule has 0 aromatic carbocycles. The van der Waals surface area contributed by atoms with Gasteiger partial charge in [0.25, 0.3) is 0 Å². The third kappa shape index (κ3) is 3.60. The van der Waals surface area contributed by atoms with Crippen LogP contribution in [0.5, 0.6) is 0 Å². The van der Waals surface area contributed by atoms with Crippen molar-refractivity contribution in [3.8, 4) is 0 Å². The molecule has 104 valence electrons. The summed E-state index contributed by atoms with van der Waals surface area (Å²) in [6.07, 6.45) is 2.21. The summed E-state index contributed by atoms with van der Waals surface area (Å²) in [5, 5.41) is 10.7. The van der Waals surface area contributed by atoms with E-state index >= 15 is 0 Å². The molecule has 0 aliphatic carbocycles. The second-order valence-electron chi connectivity index (χ2n) is 4.43. The van der Waals surface area contributed by atoms with Gasteiger partial charge in [-0.1, -0.05) is 13.8 Å². The molecule has 8 nitrogen and oxygen atoms in total. The van der Waals surface area contributed by atoms with Crippen LogP contribution in [0, 0.1) is 16.0 Å². The Morgan fingerprint density at radius 3 is 2.68 bits per heavy atom. The van der Waals surface area contributed by atoms with Crippen molar-refractivity contribution in [2.45, 2.75) is 26.3 Å². The predicted molar refractivity (Wildman–Crippen MR) is 65.7 cm³/mol. The average molecular weight is 269 g/mol. The van der Waals surface area contributed by atoms with Crippen molar-refractivity contribution in [1.29, 1.82) is 0 Å². The summed E-state index contributed by atoms with van der Waals surface area (Å²) in [6, 6.07) is -0.912. The van der Waals surface area contributed by atoms with Crippen molar-refractivity contribution in [3.63, 3.8) is 0 Å². The van der Waals surface area contributed by atoms with Crippen LogP contribution in [0.3, 0.4) is 0 Å². The van der Waals surface area contributed by atoms with Crippen molar-refractivity contribution in [1.82, 2.24) is 9.55 Å². The fourth-order valence-electron chi connectivity index (χ4n) is 1.64. The zero-order chi connectivity index (χ0) is 14.6. The highest BCUT2D eigenvalue weighted by molar-refractivity contribution is 5.74. The molecule has 0 saturated carbocycles. The summed E-state index contributed by atoms with van der Waals surface area (Å²) in [4.78, 5) is 36.8. The fraction of sp³-hybridized carbons (Fsp3) is 0.545. The van der Waals surface area contributed by atoms with E-state index in [0.29, 0.717) is 6.42 Å². The molecule has 0 saturated heterocycles. The molecule has 0 unspecified atom stereocenters. The van der Waals surface area contributed by atoms with Gasteiger partial charge in [-0.3, -0.25) is 14.7 Å². The number of hydrogen-bond acceptors (Lipinski definition) is 6. The lowest BCUT2D eigenvalue weighted by Crippen LogP contribution is -2.32. The minimum absolute atomic E-state index is 0.107. The lowest BCUT2D eigenvalue weighted by molar-refractivity contribution is -0.385. The lowest BCUT2D eigenvalue weighted by Gasteiger charge is -2.18. The third-order valence-electron chi connectivity index (χ3n) is 2.51. The number of hydrogen-bond donors (Lipinski definition) is 0. The van der Waals surface area contributed by atoms with Crippen molar-refractivity contribution < 1.29 is 14.5 Å². The molecule has 0 aliphatic rings. The first-order valence-electron chi connectivity index (χ1n) is 5.67. The van der Waals surface area contributed by atoms with Gasteiger partial charge in [0.2, 0.25) is 0 Å². The highest BCUT2D eigenvalue weighted by Gasteiger charge is 2.25. The number of esters is 1. The van der Waals surface area contributed by atoms with E-state index < -0.39 is 22.6 Å². The molecule has 0 amide bonds. The summed E-state index contributed by atoms with van der Waals surface area (Å²) in [5.74, 6) is -0.520. The number of carbonyl (C=O) groups is 1. The van der Waals surface area contributed by atoms with Crippen molar-refractivity contribution in [3.05, 3.63) is 33.0 Å². The van der Waals surface area contributed by atoms with E-state index in [1.54, 1.807) is 0 Å². The van der Waals surface area contributed by atoms with Gasteiger partial charge in [0.1, 0.15) is 12.2 Å². The molecular weight excluding hydrogens is 254 g/mol. The van der Waals surface area contributed by atoms with Crippen LogP contribution in [0.2, 0.25) is 0 Å². The van der Waals surface area contributed by atoms with E-state index in [2.05, 4.69) is 9.72 Å². The van der Waals surface area contributed by atoms with Gasteiger partial charge in [-0.2, -0.15) is 4.98 Å². The van der Waals surface area contributed by atoms with E-state index in [1.165, 1.54) is 7.11 Å². The SMILES string of the molecule is COC(=O)[C@@H](CC(C)C)n1cc([N+](=O)[O-])cnc1=O. The Morgan fingerprint density at radius 1 is 1.58 bits per heavy atom. The lowest BCUT2D eigenvalue weighted by atomic mass is 10.0. The highest BCUT2D eigenvalue weighted by Crippen LogP contribution is 2.19. The zero-order valence-corrected chi connectivity index (χ0v) is 10.9. The molecule has 1 aromatic rings. The molecule has 0 aliphatic heterocycles. The van der Waals surface area contributed by atoms with Gasteiger partial charge in [-0.05, 0) is 12.3 Å². The number of methoxy groups -OCH3 is 1. The van der Waals surface area contributed by atoms with Gasteiger partial charge in [0.05, 0.1) is 18.2 Å². The third-order valence-corrected chi connectivity index (χ3v) is 2.51. The second-order valence-corrected chi connectivity index (χ2v) is 4.43. The Kier molecular flexibility index (Phi) is 4.74. The molecule has 0 spiro atoms. The van der Waals surface area contributed by atoms with Crippen LogP contribution in [-0.4, -0.2) is 27.6 Å². The number of nitrogens with zero attached hydrogens (tertiary/aromatic N) is 3. The van der Waals surface area contributed by atoms with E-state index in [-0.39, 0.29) is 11.6 Å². The molecule has 1 aromatic heterocycles. The number of carbonyl (C=O) groups excluding carboxylic acids is 1. The van der Waals surface area contributed by atoms with Gasteiger partial charge < -0.3 is 4.74 Å². The Morgan fingerprint density at radius 2 is 2.21 bits per heavy atom. The van der Waals surface area contributed by atoms with Crippen molar-refractivity contribution in [2.24, 2.45) is 5.92 Å². The van der Waals surface area contributed by atoms with Crippen LogP contribution >= 0.6 is 0 Å². The highest BCUT2D eigenvalue weighted by atomic mass is 16.6. The van der Waals surface area contributed by atoms with Gasteiger partial charge in [-0.25, -0.2) is 9.59 Å². The van der Waals surface area contributed by atoms with E-state index in [4.69, 9.17) is 0 Å². The smallest absolute Gasteiger partial charge is 0.348 e. The van der Waals surface area contributed by atoms with Crippen LogP contribution in [-0.2, 0) is 9.53 Å². The number of ether oxygens (including phenoxy) is 1. The van der Waals surface area contributed by atoms with Crippen LogP contribution in [0.1, 0.15) is 26.3 Å². The molecule has 1 heterocycles. The zero-order valence-electron chi connectivity index (χ0n) is 10.9. The Hall–Kier alpha value is -2.25. The first-order valence-corrected chi connectivity index (χ1v) is 5.67. The molecule has 1 rings (SSSR count).